The normalized spacial score (nSPS) is 17.4. The summed E-state index contributed by atoms with van der Waals surface area (Å²) < 4.78 is 10.9. The average Bonchev–Trinajstić information content (AvgIpc) is 3.02. The second-order valence-electron chi connectivity index (χ2n) is 4.39. The zero-order valence-corrected chi connectivity index (χ0v) is 11.3. The Morgan fingerprint density at radius 2 is 2.05 bits per heavy atom. The van der Waals surface area contributed by atoms with Gasteiger partial charge in [-0.25, -0.2) is 9.59 Å². The molecule has 1 aromatic heterocycles. The van der Waals surface area contributed by atoms with E-state index in [9.17, 15) is 0 Å². The predicted octanol–water partition coefficient (Wildman–Crippen LogP) is 1.01. The molecule has 1 atom stereocenters. The summed E-state index contributed by atoms with van der Waals surface area (Å²) in [5, 5.41) is 18.1. The van der Waals surface area contributed by atoms with E-state index >= 15 is 0 Å². The molecular formula is C13H19NO6. The van der Waals surface area contributed by atoms with Crippen molar-refractivity contribution >= 4 is 11.9 Å². The molecule has 1 saturated heterocycles. The topological polar surface area (TPSA) is 109 Å². The molecule has 1 aliphatic rings. The Morgan fingerprint density at radius 3 is 2.50 bits per heavy atom. The molecule has 7 heteroatoms. The zero-order valence-electron chi connectivity index (χ0n) is 11.3. The van der Waals surface area contributed by atoms with E-state index in [4.69, 9.17) is 29.0 Å². The third kappa shape index (κ3) is 6.35. The van der Waals surface area contributed by atoms with Crippen molar-refractivity contribution in [2.45, 2.75) is 32.4 Å². The van der Waals surface area contributed by atoms with Crippen molar-refractivity contribution in [1.82, 2.24) is 5.32 Å². The summed E-state index contributed by atoms with van der Waals surface area (Å²) in [6.45, 7) is 4.61. The molecule has 7 nitrogen and oxygen atoms in total. The molecule has 0 aliphatic carbocycles. The van der Waals surface area contributed by atoms with Crippen LogP contribution in [-0.4, -0.2) is 41.4 Å². The fourth-order valence-corrected chi connectivity index (χ4v) is 1.74. The number of carboxylic acid groups (broad SMARTS) is 2. The van der Waals surface area contributed by atoms with E-state index < -0.39 is 11.9 Å². The van der Waals surface area contributed by atoms with Crippen LogP contribution < -0.4 is 5.32 Å². The lowest BCUT2D eigenvalue weighted by atomic mass is 10.2. The maximum Gasteiger partial charge on any atom is 0.414 e. The number of hydrogen-bond donors (Lipinski definition) is 3. The van der Waals surface area contributed by atoms with E-state index in [0.29, 0.717) is 6.10 Å². The van der Waals surface area contributed by atoms with Gasteiger partial charge in [-0.15, -0.1) is 0 Å². The Balaban J connectivity index is 0.000000286. The minimum atomic E-state index is -1.82. The Labute approximate surface area is 116 Å². The highest BCUT2D eigenvalue weighted by molar-refractivity contribution is 6.27. The molecule has 0 bridgehead atoms. The highest BCUT2D eigenvalue weighted by Gasteiger charge is 2.14. The lowest BCUT2D eigenvalue weighted by Crippen LogP contribution is -2.25. The molecule has 3 N–H and O–H groups in total. The third-order valence-electron chi connectivity index (χ3n) is 2.67. The molecule has 1 fully saturated rings. The second kappa shape index (κ2) is 8.34. The van der Waals surface area contributed by atoms with Gasteiger partial charge in [0, 0.05) is 13.2 Å². The molecule has 0 aromatic carbocycles. The van der Waals surface area contributed by atoms with E-state index in [2.05, 4.69) is 5.32 Å². The van der Waals surface area contributed by atoms with Gasteiger partial charge in [0.25, 0.3) is 0 Å². The summed E-state index contributed by atoms with van der Waals surface area (Å²) in [6.07, 6.45) is 2.79. The van der Waals surface area contributed by atoms with Crippen molar-refractivity contribution in [1.29, 1.82) is 0 Å². The monoisotopic (exact) mass is 285 g/mol. The van der Waals surface area contributed by atoms with Crippen LogP contribution in [0.1, 0.15) is 24.4 Å². The van der Waals surface area contributed by atoms with Crippen LogP contribution in [0.3, 0.4) is 0 Å². The predicted molar refractivity (Wildman–Crippen MR) is 69.4 cm³/mol. The largest absolute Gasteiger partial charge is 0.473 e. The lowest BCUT2D eigenvalue weighted by molar-refractivity contribution is -0.159. The first-order chi connectivity index (χ1) is 9.49. The van der Waals surface area contributed by atoms with Gasteiger partial charge in [0.05, 0.1) is 12.6 Å². The first-order valence-corrected chi connectivity index (χ1v) is 6.33. The summed E-state index contributed by atoms with van der Waals surface area (Å²) in [4.78, 5) is 18.2. The SMILES string of the molecule is Cc1ccc(CNCC2CCCO2)o1.O=C(O)C(=O)O. The molecule has 2 rings (SSSR count). The molecular weight excluding hydrogens is 266 g/mol. The summed E-state index contributed by atoms with van der Waals surface area (Å²) in [5.41, 5.74) is 0. The van der Waals surface area contributed by atoms with Crippen molar-refractivity contribution in [3.8, 4) is 0 Å². The molecule has 0 saturated carbocycles. The number of carboxylic acids is 2. The smallest absolute Gasteiger partial charge is 0.414 e. The van der Waals surface area contributed by atoms with Gasteiger partial charge in [-0.1, -0.05) is 0 Å². The molecule has 2 heterocycles. The Morgan fingerprint density at radius 1 is 1.35 bits per heavy atom. The van der Waals surface area contributed by atoms with Crippen LogP contribution in [0.5, 0.6) is 0 Å². The van der Waals surface area contributed by atoms with Crippen molar-refractivity contribution in [2.75, 3.05) is 13.2 Å². The minimum absolute atomic E-state index is 0.408. The van der Waals surface area contributed by atoms with Crippen LogP contribution in [0.2, 0.25) is 0 Å². The van der Waals surface area contributed by atoms with Crippen LogP contribution in [-0.2, 0) is 20.9 Å². The van der Waals surface area contributed by atoms with Crippen molar-refractivity contribution in [2.24, 2.45) is 0 Å². The Kier molecular flexibility index (Phi) is 6.75. The molecule has 112 valence electrons. The third-order valence-corrected chi connectivity index (χ3v) is 2.67. The first-order valence-electron chi connectivity index (χ1n) is 6.33. The zero-order chi connectivity index (χ0) is 15.0. The molecule has 1 aliphatic heterocycles. The van der Waals surface area contributed by atoms with E-state index in [-0.39, 0.29) is 0 Å². The first kappa shape index (κ1) is 16.2. The highest BCUT2D eigenvalue weighted by Crippen LogP contribution is 2.11. The van der Waals surface area contributed by atoms with Gasteiger partial charge in [-0.05, 0) is 31.9 Å². The van der Waals surface area contributed by atoms with E-state index in [0.717, 1.165) is 31.2 Å². The van der Waals surface area contributed by atoms with Gasteiger partial charge in [-0.2, -0.15) is 0 Å². The number of ether oxygens (including phenoxy) is 1. The molecule has 0 amide bonds. The molecule has 0 spiro atoms. The van der Waals surface area contributed by atoms with Crippen LogP contribution in [0.4, 0.5) is 0 Å². The lowest BCUT2D eigenvalue weighted by Gasteiger charge is -2.09. The fourth-order valence-electron chi connectivity index (χ4n) is 1.74. The summed E-state index contributed by atoms with van der Waals surface area (Å²) in [5.74, 6) is -1.68. The van der Waals surface area contributed by atoms with Crippen LogP contribution >= 0.6 is 0 Å². The summed E-state index contributed by atoms with van der Waals surface area (Å²) in [7, 11) is 0. The second-order valence-corrected chi connectivity index (χ2v) is 4.39. The molecule has 1 aromatic rings. The van der Waals surface area contributed by atoms with Gasteiger partial charge in [-0.3, -0.25) is 0 Å². The quantitative estimate of drug-likeness (QED) is 0.708. The van der Waals surface area contributed by atoms with Crippen LogP contribution in [0, 0.1) is 6.92 Å². The summed E-state index contributed by atoms with van der Waals surface area (Å²) in [6, 6.07) is 4.00. The van der Waals surface area contributed by atoms with E-state index in [1.807, 2.05) is 19.1 Å². The standard InChI is InChI=1S/C11H17NO2.C2H2O4/c1-9-4-5-11(14-9)8-12-7-10-3-2-6-13-10;3-1(4)2(5)6/h4-5,10,12H,2-3,6-8H2,1H3;(H,3,4)(H,5,6). The average molecular weight is 285 g/mol. The van der Waals surface area contributed by atoms with Crippen LogP contribution in [0.25, 0.3) is 0 Å². The van der Waals surface area contributed by atoms with E-state index in [1.54, 1.807) is 0 Å². The van der Waals surface area contributed by atoms with Crippen molar-refractivity contribution in [3.05, 3.63) is 23.7 Å². The van der Waals surface area contributed by atoms with Crippen LogP contribution in [0.15, 0.2) is 16.5 Å². The number of carbonyl (C=O) groups is 2. The molecule has 1 unspecified atom stereocenters. The maximum absolute atomic E-state index is 9.10. The molecule has 0 radical (unpaired) electrons. The highest BCUT2D eigenvalue weighted by atomic mass is 16.5. The Hall–Kier alpha value is -1.86. The number of furan rings is 1. The number of rotatable bonds is 4. The number of aryl methyl sites for hydroxylation is 1. The van der Waals surface area contributed by atoms with Crippen molar-refractivity contribution < 1.29 is 29.0 Å². The Bertz CT molecular complexity index is 424. The number of aliphatic carboxylic acids is 2. The minimum Gasteiger partial charge on any atom is -0.473 e. The van der Waals surface area contributed by atoms with Gasteiger partial charge in [0.15, 0.2) is 0 Å². The fraction of sp³-hybridized carbons (Fsp3) is 0.538. The van der Waals surface area contributed by atoms with Gasteiger partial charge in [0.1, 0.15) is 11.5 Å². The summed E-state index contributed by atoms with van der Waals surface area (Å²) >= 11 is 0. The molecule has 20 heavy (non-hydrogen) atoms. The van der Waals surface area contributed by atoms with Gasteiger partial charge in [0.2, 0.25) is 0 Å². The van der Waals surface area contributed by atoms with E-state index in [1.165, 1.54) is 12.8 Å². The van der Waals surface area contributed by atoms with Gasteiger partial charge >= 0.3 is 11.9 Å². The number of nitrogens with one attached hydrogen (secondary N) is 1. The van der Waals surface area contributed by atoms with Gasteiger partial charge < -0.3 is 24.7 Å². The van der Waals surface area contributed by atoms with Crippen molar-refractivity contribution in [3.63, 3.8) is 0 Å². The number of hydrogen-bond acceptors (Lipinski definition) is 5. The maximum atomic E-state index is 9.10.